The Kier molecular flexibility index (Phi) is 5.95. The second kappa shape index (κ2) is 9.35. The molecule has 1 amide bonds. The fourth-order valence-electron chi connectivity index (χ4n) is 4.25. The first-order valence-corrected chi connectivity index (χ1v) is 11.4. The second-order valence-corrected chi connectivity index (χ2v) is 8.60. The van der Waals surface area contributed by atoms with Crippen LogP contribution in [0, 0.1) is 0 Å². The number of hydrogen-bond acceptors (Lipinski definition) is 5. The maximum absolute atomic E-state index is 12.6. The standard InChI is InChI=1S/C28H26N4O2/c1-19(2)32(18-20-7-4-3-5-8-20)22-11-12-27-24(16-22)23-15-21(9-6-10-26(23)34-27)31-28(33)25-17-29-13-14-30-25/h3-15,17,19H,16,18H2,1-2H3,(H,31,33). The molecule has 0 aliphatic heterocycles. The fraction of sp³-hybridized carbons (Fsp3) is 0.179. The van der Waals surface area contributed by atoms with Gasteiger partial charge in [0.1, 0.15) is 16.5 Å². The first kappa shape index (κ1) is 21.6. The molecular weight excluding hydrogens is 424 g/mol. The zero-order valence-electron chi connectivity index (χ0n) is 19.2. The zero-order valence-corrected chi connectivity index (χ0v) is 19.2. The van der Waals surface area contributed by atoms with Gasteiger partial charge in [0.2, 0.25) is 0 Å². The minimum atomic E-state index is -0.300. The van der Waals surface area contributed by atoms with Crippen molar-refractivity contribution in [2.75, 3.05) is 0 Å². The first-order valence-electron chi connectivity index (χ1n) is 11.4. The van der Waals surface area contributed by atoms with Crippen molar-refractivity contribution in [2.45, 2.75) is 32.9 Å². The molecule has 0 saturated carbocycles. The summed E-state index contributed by atoms with van der Waals surface area (Å²) in [6, 6.07) is 10.9. The first-order chi connectivity index (χ1) is 16.6. The van der Waals surface area contributed by atoms with Crippen molar-refractivity contribution >= 4 is 24.1 Å². The number of fused-ring (bicyclic) bond motifs is 3. The molecule has 1 N–H and O–H groups in total. The van der Waals surface area contributed by atoms with Crippen LogP contribution < -0.4 is 16.1 Å². The van der Waals surface area contributed by atoms with E-state index in [2.05, 4.69) is 64.4 Å². The molecule has 3 aromatic rings. The highest BCUT2D eigenvalue weighted by Crippen LogP contribution is 2.23. The van der Waals surface area contributed by atoms with Crippen LogP contribution in [0.25, 0.3) is 18.2 Å². The summed E-state index contributed by atoms with van der Waals surface area (Å²) in [4.78, 5) is 23.1. The largest absolute Gasteiger partial charge is 0.456 e. The molecule has 0 atom stereocenters. The van der Waals surface area contributed by atoms with Gasteiger partial charge in [0, 0.05) is 53.9 Å². The van der Waals surface area contributed by atoms with Crippen molar-refractivity contribution in [2.24, 2.45) is 0 Å². The van der Waals surface area contributed by atoms with Gasteiger partial charge in [-0.2, -0.15) is 0 Å². The average molecular weight is 451 g/mol. The molecule has 0 radical (unpaired) electrons. The number of rotatable bonds is 6. The van der Waals surface area contributed by atoms with Crippen LogP contribution in [-0.2, 0) is 13.0 Å². The van der Waals surface area contributed by atoms with Crippen molar-refractivity contribution in [3.8, 4) is 0 Å². The van der Waals surface area contributed by atoms with Gasteiger partial charge >= 0.3 is 0 Å². The predicted molar refractivity (Wildman–Crippen MR) is 132 cm³/mol. The SMILES string of the molecule is CC(C)N(Cc1ccccc1)C1=CC=c2oc3c(c2C1)C=C(NC(=O)c1cnccn1)C=CC=3. The lowest BCUT2D eigenvalue weighted by Crippen LogP contribution is -2.32. The Morgan fingerprint density at radius 3 is 2.74 bits per heavy atom. The van der Waals surface area contributed by atoms with Crippen molar-refractivity contribution in [3.63, 3.8) is 0 Å². The quantitative estimate of drug-likeness (QED) is 0.624. The van der Waals surface area contributed by atoms with E-state index < -0.39 is 0 Å². The van der Waals surface area contributed by atoms with E-state index in [9.17, 15) is 4.79 Å². The molecule has 5 rings (SSSR count). The van der Waals surface area contributed by atoms with Crippen LogP contribution in [0.3, 0.4) is 0 Å². The van der Waals surface area contributed by atoms with Gasteiger partial charge in [0.25, 0.3) is 5.91 Å². The third-order valence-electron chi connectivity index (χ3n) is 5.96. The molecule has 2 aliphatic rings. The number of furan rings is 1. The Labute approximate surface area is 198 Å². The zero-order chi connectivity index (χ0) is 23.5. The van der Waals surface area contributed by atoms with Crippen LogP contribution in [0.1, 0.15) is 41.0 Å². The van der Waals surface area contributed by atoms with Gasteiger partial charge in [-0.25, -0.2) is 4.98 Å². The number of aromatic nitrogens is 2. The van der Waals surface area contributed by atoms with Crippen LogP contribution in [0.15, 0.2) is 83.0 Å². The highest BCUT2D eigenvalue weighted by molar-refractivity contribution is 5.94. The van der Waals surface area contributed by atoms with E-state index in [-0.39, 0.29) is 11.6 Å². The molecule has 0 bridgehead atoms. The minimum Gasteiger partial charge on any atom is -0.456 e. The van der Waals surface area contributed by atoms with Crippen LogP contribution in [-0.4, -0.2) is 26.8 Å². The second-order valence-electron chi connectivity index (χ2n) is 8.60. The van der Waals surface area contributed by atoms with E-state index in [4.69, 9.17) is 4.42 Å². The van der Waals surface area contributed by atoms with E-state index in [1.165, 1.54) is 23.7 Å². The number of benzene rings is 1. The van der Waals surface area contributed by atoms with Gasteiger partial charge in [-0.15, -0.1) is 0 Å². The lowest BCUT2D eigenvalue weighted by atomic mass is 10.00. The van der Waals surface area contributed by atoms with E-state index in [0.717, 1.165) is 34.9 Å². The predicted octanol–water partition coefficient (Wildman–Crippen LogP) is 3.32. The van der Waals surface area contributed by atoms with Crippen LogP contribution in [0.4, 0.5) is 0 Å². The Morgan fingerprint density at radius 2 is 1.97 bits per heavy atom. The monoisotopic (exact) mass is 450 g/mol. The lowest BCUT2D eigenvalue weighted by Gasteiger charge is -2.32. The van der Waals surface area contributed by atoms with Crippen molar-refractivity contribution in [1.82, 2.24) is 20.2 Å². The number of amides is 1. The molecule has 6 nitrogen and oxygen atoms in total. The molecule has 170 valence electrons. The Balaban J connectivity index is 1.43. The average Bonchev–Trinajstić information content (AvgIpc) is 3.07. The molecule has 2 aromatic heterocycles. The molecular formula is C28H26N4O2. The molecule has 34 heavy (non-hydrogen) atoms. The molecule has 0 unspecified atom stereocenters. The number of hydrogen-bond donors (Lipinski definition) is 1. The molecule has 2 aliphatic carbocycles. The summed E-state index contributed by atoms with van der Waals surface area (Å²) >= 11 is 0. The topological polar surface area (TPSA) is 71.3 Å². The number of carbonyl (C=O) groups is 1. The van der Waals surface area contributed by atoms with E-state index in [1.807, 2.05) is 36.4 Å². The van der Waals surface area contributed by atoms with Crippen molar-refractivity contribution in [1.29, 1.82) is 0 Å². The summed E-state index contributed by atoms with van der Waals surface area (Å²) in [5.74, 6) is -0.300. The molecule has 0 spiro atoms. The maximum Gasteiger partial charge on any atom is 0.275 e. The number of nitrogens with one attached hydrogen (secondary N) is 1. The summed E-state index contributed by atoms with van der Waals surface area (Å²) in [6.45, 7) is 5.27. The Morgan fingerprint density at radius 1 is 1.12 bits per heavy atom. The summed E-state index contributed by atoms with van der Waals surface area (Å²) in [7, 11) is 0. The Hall–Kier alpha value is -4.19. The Bertz CT molecular complexity index is 1410. The van der Waals surface area contributed by atoms with Gasteiger partial charge < -0.3 is 14.6 Å². The van der Waals surface area contributed by atoms with Crippen LogP contribution in [0.2, 0.25) is 0 Å². The molecule has 0 saturated heterocycles. The lowest BCUT2D eigenvalue weighted by molar-refractivity contribution is 0.0962. The highest BCUT2D eigenvalue weighted by Gasteiger charge is 2.21. The minimum absolute atomic E-state index is 0.270. The fourth-order valence-corrected chi connectivity index (χ4v) is 4.25. The molecule has 0 fully saturated rings. The summed E-state index contributed by atoms with van der Waals surface area (Å²) in [5.41, 5.74) is 7.22. The number of nitrogens with zero attached hydrogens (tertiary/aromatic N) is 3. The van der Waals surface area contributed by atoms with E-state index in [1.54, 1.807) is 6.20 Å². The van der Waals surface area contributed by atoms with Crippen molar-refractivity contribution in [3.05, 3.63) is 112 Å². The maximum atomic E-state index is 12.6. The highest BCUT2D eigenvalue weighted by atomic mass is 16.3. The van der Waals surface area contributed by atoms with E-state index in [0.29, 0.717) is 11.7 Å². The smallest absolute Gasteiger partial charge is 0.275 e. The summed E-state index contributed by atoms with van der Waals surface area (Å²) < 4.78 is 6.15. The normalized spacial score (nSPS) is 14.1. The summed E-state index contributed by atoms with van der Waals surface area (Å²) in [5, 5.41) is 2.93. The van der Waals surface area contributed by atoms with Gasteiger partial charge in [-0.05, 0) is 49.8 Å². The van der Waals surface area contributed by atoms with Crippen LogP contribution >= 0.6 is 0 Å². The van der Waals surface area contributed by atoms with Gasteiger partial charge in [-0.1, -0.05) is 36.4 Å². The third kappa shape index (κ3) is 4.48. The van der Waals surface area contributed by atoms with Crippen molar-refractivity contribution < 1.29 is 9.21 Å². The summed E-state index contributed by atoms with van der Waals surface area (Å²) in [6.07, 6.45) is 17.1. The van der Waals surface area contributed by atoms with Gasteiger partial charge in [0.15, 0.2) is 0 Å². The van der Waals surface area contributed by atoms with Gasteiger partial charge in [-0.3, -0.25) is 9.78 Å². The third-order valence-corrected chi connectivity index (χ3v) is 5.96. The van der Waals surface area contributed by atoms with E-state index >= 15 is 0 Å². The molecule has 6 heteroatoms. The number of carbonyl (C=O) groups excluding carboxylic acids is 1. The number of allylic oxidation sites excluding steroid dienone is 4. The van der Waals surface area contributed by atoms with Crippen LogP contribution in [0.5, 0.6) is 0 Å². The molecule has 1 aromatic carbocycles. The van der Waals surface area contributed by atoms with Gasteiger partial charge in [0.05, 0.1) is 6.20 Å². The molecule has 2 heterocycles.